The van der Waals surface area contributed by atoms with Gasteiger partial charge in [0.05, 0.1) is 17.4 Å². The van der Waals surface area contributed by atoms with Gasteiger partial charge in [-0.2, -0.15) is 5.10 Å². The van der Waals surface area contributed by atoms with E-state index in [9.17, 15) is 0 Å². The van der Waals surface area contributed by atoms with E-state index in [1.165, 1.54) is 0 Å². The van der Waals surface area contributed by atoms with Gasteiger partial charge < -0.3 is 5.73 Å². The highest BCUT2D eigenvalue weighted by molar-refractivity contribution is 6.33. The molecular formula is C13H15Cl2N3. The standard InChI is InChI=1S/C13H15Cl2N3/c1-3-18-12(6-8(2)17-18)13(16)10-7-9(14)4-5-11(10)15/h4-7,13H,3,16H2,1-2H3. The second-order valence-electron chi connectivity index (χ2n) is 4.17. The number of hydrogen-bond acceptors (Lipinski definition) is 2. The van der Waals surface area contributed by atoms with Gasteiger partial charge in [0.15, 0.2) is 0 Å². The molecule has 1 unspecified atom stereocenters. The molecule has 3 nitrogen and oxygen atoms in total. The minimum absolute atomic E-state index is 0.322. The average molecular weight is 284 g/mol. The number of aryl methyl sites for hydroxylation is 2. The third kappa shape index (κ3) is 2.53. The lowest BCUT2D eigenvalue weighted by Gasteiger charge is -2.15. The maximum Gasteiger partial charge on any atom is 0.0738 e. The molecule has 0 radical (unpaired) electrons. The fourth-order valence-electron chi connectivity index (χ4n) is 1.98. The van der Waals surface area contributed by atoms with Gasteiger partial charge in [-0.05, 0) is 43.7 Å². The highest BCUT2D eigenvalue weighted by atomic mass is 35.5. The van der Waals surface area contributed by atoms with Crippen molar-refractivity contribution in [2.24, 2.45) is 5.73 Å². The number of aromatic nitrogens is 2. The van der Waals surface area contributed by atoms with Crippen molar-refractivity contribution in [2.75, 3.05) is 0 Å². The fourth-order valence-corrected chi connectivity index (χ4v) is 2.40. The molecule has 0 aliphatic carbocycles. The summed E-state index contributed by atoms with van der Waals surface area (Å²) in [5.41, 5.74) is 8.98. The van der Waals surface area contributed by atoms with Gasteiger partial charge in [0.25, 0.3) is 0 Å². The van der Waals surface area contributed by atoms with Crippen LogP contribution in [-0.2, 0) is 6.54 Å². The monoisotopic (exact) mass is 283 g/mol. The van der Waals surface area contributed by atoms with Crippen LogP contribution >= 0.6 is 23.2 Å². The third-order valence-corrected chi connectivity index (χ3v) is 3.42. The van der Waals surface area contributed by atoms with Crippen molar-refractivity contribution in [1.82, 2.24) is 9.78 Å². The lowest BCUT2D eigenvalue weighted by atomic mass is 10.0. The summed E-state index contributed by atoms with van der Waals surface area (Å²) >= 11 is 12.2. The zero-order chi connectivity index (χ0) is 13.3. The van der Waals surface area contributed by atoms with Crippen LogP contribution in [0.2, 0.25) is 10.0 Å². The molecule has 0 saturated heterocycles. The number of nitrogens with two attached hydrogens (primary N) is 1. The predicted molar refractivity (Wildman–Crippen MR) is 75.1 cm³/mol. The van der Waals surface area contributed by atoms with Crippen molar-refractivity contribution in [3.8, 4) is 0 Å². The lowest BCUT2D eigenvalue weighted by Crippen LogP contribution is -2.17. The van der Waals surface area contributed by atoms with E-state index in [1.54, 1.807) is 18.2 Å². The molecule has 2 rings (SSSR count). The zero-order valence-corrected chi connectivity index (χ0v) is 11.8. The molecule has 2 N–H and O–H groups in total. The largest absolute Gasteiger partial charge is 0.319 e. The van der Waals surface area contributed by atoms with Crippen molar-refractivity contribution in [3.63, 3.8) is 0 Å². The smallest absolute Gasteiger partial charge is 0.0738 e. The maximum absolute atomic E-state index is 6.27. The van der Waals surface area contributed by atoms with Crippen molar-refractivity contribution in [1.29, 1.82) is 0 Å². The molecule has 2 aromatic rings. The normalized spacial score (nSPS) is 12.7. The van der Waals surface area contributed by atoms with E-state index in [1.807, 2.05) is 24.6 Å². The minimum atomic E-state index is -0.322. The summed E-state index contributed by atoms with van der Waals surface area (Å²) in [4.78, 5) is 0. The molecule has 1 aromatic heterocycles. The SMILES string of the molecule is CCn1nc(C)cc1C(N)c1cc(Cl)ccc1Cl. The summed E-state index contributed by atoms with van der Waals surface area (Å²) in [6.07, 6.45) is 0. The van der Waals surface area contributed by atoms with Crippen LogP contribution in [0.5, 0.6) is 0 Å². The molecule has 18 heavy (non-hydrogen) atoms. The average Bonchev–Trinajstić information content (AvgIpc) is 2.72. The maximum atomic E-state index is 6.27. The van der Waals surface area contributed by atoms with E-state index in [0.29, 0.717) is 10.0 Å². The van der Waals surface area contributed by atoms with Crippen molar-refractivity contribution >= 4 is 23.2 Å². The number of halogens is 2. The molecule has 1 atom stereocenters. The Hall–Kier alpha value is -1.03. The van der Waals surface area contributed by atoms with E-state index in [0.717, 1.165) is 23.5 Å². The van der Waals surface area contributed by atoms with E-state index in [4.69, 9.17) is 28.9 Å². The van der Waals surface area contributed by atoms with Crippen LogP contribution in [0.15, 0.2) is 24.3 Å². The Labute approximate surface area is 117 Å². The summed E-state index contributed by atoms with van der Waals surface area (Å²) in [5, 5.41) is 5.64. The summed E-state index contributed by atoms with van der Waals surface area (Å²) < 4.78 is 1.89. The molecule has 0 amide bonds. The Balaban J connectivity index is 2.46. The van der Waals surface area contributed by atoms with Crippen molar-refractivity contribution in [2.45, 2.75) is 26.4 Å². The van der Waals surface area contributed by atoms with E-state index in [2.05, 4.69) is 5.10 Å². The van der Waals surface area contributed by atoms with Crippen LogP contribution in [0.4, 0.5) is 0 Å². The molecule has 0 aliphatic heterocycles. The van der Waals surface area contributed by atoms with E-state index in [-0.39, 0.29) is 6.04 Å². The molecule has 0 spiro atoms. The second-order valence-corrected chi connectivity index (χ2v) is 5.01. The summed E-state index contributed by atoms with van der Waals surface area (Å²) in [6, 6.07) is 6.97. The summed E-state index contributed by atoms with van der Waals surface area (Å²) in [7, 11) is 0. The summed E-state index contributed by atoms with van der Waals surface area (Å²) in [5.74, 6) is 0. The number of hydrogen-bond donors (Lipinski definition) is 1. The van der Waals surface area contributed by atoms with Gasteiger partial charge in [-0.25, -0.2) is 0 Å². The van der Waals surface area contributed by atoms with Crippen LogP contribution in [0, 0.1) is 6.92 Å². The molecule has 1 aromatic carbocycles. The van der Waals surface area contributed by atoms with Crippen LogP contribution in [-0.4, -0.2) is 9.78 Å². The Bertz CT molecular complexity index is 563. The highest BCUT2D eigenvalue weighted by Crippen LogP contribution is 2.29. The first kappa shape index (κ1) is 13.4. The van der Waals surface area contributed by atoms with Crippen molar-refractivity contribution < 1.29 is 0 Å². The Kier molecular flexibility index (Phi) is 3.95. The quantitative estimate of drug-likeness (QED) is 0.936. The predicted octanol–water partition coefficient (Wildman–Crippen LogP) is 3.57. The number of benzene rings is 1. The summed E-state index contributed by atoms with van der Waals surface area (Å²) in [6.45, 7) is 4.75. The second kappa shape index (κ2) is 5.31. The fraction of sp³-hybridized carbons (Fsp3) is 0.308. The van der Waals surface area contributed by atoms with Gasteiger partial charge in [-0.15, -0.1) is 0 Å². The van der Waals surface area contributed by atoms with Crippen LogP contribution in [0.1, 0.15) is 29.9 Å². The first-order valence-corrected chi connectivity index (χ1v) is 6.53. The molecular weight excluding hydrogens is 269 g/mol. The van der Waals surface area contributed by atoms with Crippen LogP contribution in [0.3, 0.4) is 0 Å². The minimum Gasteiger partial charge on any atom is -0.319 e. The van der Waals surface area contributed by atoms with Gasteiger partial charge >= 0.3 is 0 Å². The molecule has 0 bridgehead atoms. The number of rotatable bonds is 3. The molecule has 1 heterocycles. The Morgan fingerprint density at radius 1 is 1.33 bits per heavy atom. The Morgan fingerprint density at radius 3 is 2.72 bits per heavy atom. The van der Waals surface area contributed by atoms with Gasteiger partial charge in [0, 0.05) is 16.6 Å². The Morgan fingerprint density at radius 2 is 2.06 bits per heavy atom. The first-order valence-electron chi connectivity index (χ1n) is 5.77. The van der Waals surface area contributed by atoms with Gasteiger partial charge in [-0.1, -0.05) is 23.2 Å². The van der Waals surface area contributed by atoms with Crippen LogP contribution in [0.25, 0.3) is 0 Å². The van der Waals surface area contributed by atoms with Crippen LogP contribution < -0.4 is 5.73 Å². The molecule has 0 fully saturated rings. The number of nitrogens with zero attached hydrogens (tertiary/aromatic N) is 2. The van der Waals surface area contributed by atoms with Crippen molar-refractivity contribution in [3.05, 3.63) is 51.3 Å². The lowest BCUT2D eigenvalue weighted by molar-refractivity contribution is 0.597. The highest BCUT2D eigenvalue weighted by Gasteiger charge is 2.17. The molecule has 96 valence electrons. The van der Waals surface area contributed by atoms with Gasteiger partial charge in [-0.3, -0.25) is 4.68 Å². The van der Waals surface area contributed by atoms with Gasteiger partial charge in [0.1, 0.15) is 0 Å². The topological polar surface area (TPSA) is 43.8 Å². The third-order valence-electron chi connectivity index (χ3n) is 2.84. The zero-order valence-electron chi connectivity index (χ0n) is 10.3. The molecule has 5 heteroatoms. The van der Waals surface area contributed by atoms with E-state index < -0.39 is 0 Å². The van der Waals surface area contributed by atoms with E-state index >= 15 is 0 Å². The van der Waals surface area contributed by atoms with Gasteiger partial charge in [0.2, 0.25) is 0 Å². The molecule has 0 aliphatic rings. The first-order chi connectivity index (χ1) is 8.52. The molecule has 0 saturated carbocycles.